The predicted molar refractivity (Wildman–Crippen MR) is 0 cm³/mol. The zero-order valence-electron chi connectivity index (χ0n) is 4.02. The van der Waals surface area contributed by atoms with Gasteiger partial charge in [0.05, 0.1) is 0 Å². The molecule has 0 unspecified atom stereocenters. The van der Waals surface area contributed by atoms with E-state index in [0.717, 1.165) is 0 Å². The van der Waals surface area contributed by atoms with Crippen molar-refractivity contribution in [2.24, 2.45) is 0 Å². The summed E-state index contributed by atoms with van der Waals surface area (Å²) in [5.74, 6) is 0. The third-order valence-corrected chi connectivity index (χ3v) is 0. The Labute approximate surface area is 89.4 Å². The van der Waals surface area contributed by atoms with Crippen LogP contribution < -0.4 is 37.6 Å². The number of hydrogen-bond donors (Lipinski definition) is 0. The van der Waals surface area contributed by atoms with Gasteiger partial charge in [0.2, 0.25) is 0 Å². The second-order valence-corrected chi connectivity index (χ2v) is 0. The Balaban J connectivity index is 0. The zero-order chi connectivity index (χ0) is 0. The van der Waals surface area contributed by atoms with Crippen molar-refractivity contribution in [1.82, 2.24) is 0 Å². The van der Waals surface area contributed by atoms with Gasteiger partial charge in [-0.05, 0) is 0 Å². The van der Waals surface area contributed by atoms with Crippen molar-refractivity contribution in [3.05, 3.63) is 0 Å². The third-order valence-electron chi connectivity index (χ3n) is 0. The molecule has 0 heterocycles. The molecule has 0 saturated carbocycles. The molecule has 0 atom stereocenters. The Morgan fingerprint density at radius 3 is 0.300 bits per heavy atom. The summed E-state index contributed by atoms with van der Waals surface area (Å²) in [4.78, 5) is 0. The van der Waals surface area contributed by atoms with E-state index >= 15 is 0 Å². The maximum Gasteiger partial charge on any atom is 4.00 e. The van der Waals surface area contributed by atoms with Crippen LogP contribution in [0.3, 0.4) is 0 Å². The maximum atomic E-state index is 0. The first-order valence-corrected chi connectivity index (χ1v) is 0. The Morgan fingerprint density at radius 2 is 0.300 bits per heavy atom. The van der Waals surface area contributed by atoms with Crippen molar-refractivity contribution in [1.29, 1.82) is 0 Å². The summed E-state index contributed by atoms with van der Waals surface area (Å²) in [6.45, 7) is 0. The molecule has 10 heavy (non-hydrogen) atoms. The van der Waals surface area contributed by atoms with Crippen LogP contribution in [0.1, 0.15) is 0 Å². The molecule has 64 valence electrons. The molecule has 0 fully saturated rings. The molecule has 0 nitrogen and oxygen atoms in total. The normalized spacial score (nSPS) is 0. The second-order valence-electron chi connectivity index (χ2n) is 0. The molecule has 0 aliphatic carbocycles. The van der Waals surface area contributed by atoms with Crippen molar-refractivity contribution < 1.29 is 89.7 Å². The summed E-state index contributed by atoms with van der Waals surface area (Å²) in [7, 11) is 0. The van der Waals surface area contributed by atoms with E-state index in [1.807, 2.05) is 0 Å². The molecular weight excluding hydrogens is 422 g/mol. The van der Waals surface area contributed by atoms with Gasteiger partial charge in [-0.1, -0.05) is 0 Å². The van der Waals surface area contributed by atoms with E-state index in [9.17, 15) is 0 Å². The Hall–Kier alpha value is 1.19. The molecule has 0 aliphatic heterocycles. The summed E-state index contributed by atoms with van der Waals surface area (Å²) < 4.78 is 0. The van der Waals surface area contributed by atoms with Gasteiger partial charge in [-0.25, -0.2) is 0 Å². The number of hydrogen-bond acceptors (Lipinski definition) is 0. The Bertz CT molecular complexity index is 9.22. The summed E-state index contributed by atoms with van der Waals surface area (Å²) in [5.41, 5.74) is 0. The van der Waals surface area contributed by atoms with Gasteiger partial charge in [-0.3, -0.25) is 0 Å². The molecule has 0 aromatic carbocycles. The van der Waals surface area contributed by atoms with E-state index in [0.29, 0.717) is 0 Å². The second kappa shape index (κ2) is 605. The topological polar surface area (TPSA) is 0 Å². The van der Waals surface area contributed by atoms with Crippen molar-refractivity contribution >= 4 is 0 Å². The molecule has 0 aromatic heterocycles. The summed E-state index contributed by atoms with van der Waals surface area (Å²) in [6, 6.07) is 0. The predicted octanol–water partition coefficient (Wildman–Crippen LogP) is -24.0. The van der Waals surface area contributed by atoms with E-state index in [1.165, 1.54) is 0 Å². The van der Waals surface area contributed by atoms with Gasteiger partial charge in [0, 0.05) is 0 Å². The minimum Gasteiger partial charge on any atom is -1.00 e. The van der Waals surface area contributed by atoms with Crippen molar-refractivity contribution in [3.63, 3.8) is 0 Å². The molecule has 0 aliphatic rings. The van der Waals surface area contributed by atoms with Crippen LogP contribution in [0, 0.1) is 0 Å². The van der Waals surface area contributed by atoms with Gasteiger partial charge < -0.3 is 37.6 Å². The van der Waals surface area contributed by atoms with Gasteiger partial charge in [0.1, 0.15) is 0 Å². The van der Waals surface area contributed by atoms with E-state index in [1.54, 1.807) is 0 Å². The van der Waals surface area contributed by atoms with Gasteiger partial charge in [-0.15, -0.1) is 0 Å². The fourth-order valence-corrected chi connectivity index (χ4v) is 0. The van der Waals surface area contributed by atoms with Crippen LogP contribution in [-0.2, 0) is 52.0 Å². The summed E-state index contributed by atoms with van der Waals surface area (Å²) in [6.07, 6.45) is 0. The van der Waals surface area contributed by atoms with Gasteiger partial charge >= 0.3 is 52.0 Å². The van der Waals surface area contributed by atoms with Crippen LogP contribution in [0.15, 0.2) is 0 Å². The van der Waals surface area contributed by atoms with Crippen LogP contribution >= 0.6 is 0 Å². The Morgan fingerprint density at radius 1 is 0.300 bits per heavy atom. The minimum atomic E-state index is 0. The molecule has 0 radical (unpaired) electrons. The molecule has 0 saturated heterocycles. The fourth-order valence-electron chi connectivity index (χ4n) is 0. The molecule has 0 bridgehead atoms. The first-order valence-electron chi connectivity index (χ1n) is 0. The van der Waals surface area contributed by atoms with Crippen LogP contribution in [0.2, 0.25) is 0 Å². The smallest absolute Gasteiger partial charge is 1.00 e. The molecule has 0 rings (SSSR count). The van der Waals surface area contributed by atoms with Crippen LogP contribution in [0.4, 0.5) is 0 Å². The Kier molecular flexibility index (Phi) is 49400. The average Bonchev–Trinajstić information content (AvgIpc) is 0. The molecule has 0 amide bonds. The van der Waals surface area contributed by atoms with E-state index in [2.05, 4.69) is 0 Å². The van der Waals surface area contributed by atoms with Crippen LogP contribution in [-0.4, -0.2) is 0 Å². The van der Waals surface area contributed by atoms with Crippen LogP contribution in [0.25, 0.3) is 0 Å². The molecule has 0 aromatic rings. The van der Waals surface area contributed by atoms with Crippen molar-refractivity contribution in [2.75, 3.05) is 0 Å². The van der Waals surface area contributed by atoms with Gasteiger partial charge in [0.25, 0.3) is 0 Å². The minimum absolute atomic E-state index is 0. The van der Waals surface area contributed by atoms with Gasteiger partial charge in [0.15, 0.2) is 0 Å². The van der Waals surface area contributed by atoms with Crippen LogP contribution in [0.5, 0.6) is 0 Å². The van der Waals surface area contributed by atoms with E-state index in [4.69, 9.17) is 0 Å². The number of halogens is 8. The zero-order valence-corrected chi connectivity index (χ0v) is 10.1. The van der Waals surface area contributed by atoms with Crippen molar-refractivity contribution in [3.8, 4) is 0 Å². The standard InChI is InChI=1S/8FH.Hf.Zr/h8*1H;;/q;;;;;;;;2*+4/p-8. The van der Waals surface area contributed by atoms with E-state index in [-0.39, 0.29) is 89.7 Å². The first-order chi connectivity index (χ1) is 0. The SMILES string of the molecule is [F-].[F-].[F-].[F-].[F-].[F-].[F-].[F-].[Hf+4].[Zr+4]. The molecule has 10 heteroatoms. The summed E-state index contributed by atoms with van der Waals surface area (Å²) >= 11 is 0. The molecule has 0 N–H and O–H groups in total. The quantitative estimate of drug-likeness (QED) is 0.269. The third kappa shape index (κ3) is 433. The average molecular weight is 422 g/mol. The first kappa shape index (κ1) is 817. The molecule has 0 spiro atoms. The van der Waals surface area contributed by atoms with Crippen molar-refractivity contribution in [2.45, 2.75) is 0 Å². The van der Waals surface area contributed by atoms with E-state index < -0.39 is 0 Å². The van der Waals surface area contributed by atoms with Gasteiger partial charge in [-0.2, -0.15) is 0 Å². The fraction of sp³-hybridized carbons (Fsp3) is 0. The largest absolute Gasteiger partial charge is 4.00 e. The number of rotatable bonds is 0. The maximum absolute atomic E-state index is 0. The molecular formula is F8HfZr. The monoisotopic (exact) mass is 422 g/mol. The summed E-state index contributed by atoms with van der Waals surface area (Å²) in [5, 5.41) is 0.